The second-order valence-electron chi connectivity index (χ2n) is 4.78. The summed E-state index contributed by atoms with van der Waals surface area (Å²) in [5.41, 5.74) is 0. The van der Waals surface area contributed by atoms with Crippen molar-refractivity contribution in [2.24, 2.45) is 0 Å². The van der Waals surface area contributed by atoms with Crippen LogP contribution >= 0.6 is 11.3 Å². The van der Waals surface area contributed by atoms with E-state index in [0.717, 1.165) is 19.3 Å². The summed E-state index contributed by atoms with van der Waals surface area (Å²) in [4.78, 5) is 13.9. The zero-order chi connectivity index (χ0) is 14.0. The fourth-order valence-corrected chi connectivity index (χ4v) is 5.04. The minimum atomic E-state index is -3.53. The first-order valence-electron chi connectivity index (χ1n) is 6.24. The van der Waals surface area contributed by atoms with E-state index in [2.05, 4.69) is 0 Å². The zero-order valence-corrected chi connectivity index (χ0v) is 12.8. The molecule has 0 saturated carbocycles. The molecule has 1 aromatic heterocycles. The van der Waals surface area contributed by atoms with Gasteiger partial charge in [0.05, 0.1) is 0 Å². The quantitative estimate of drug-likeness (QED) is 0.852. The Morgan fingerprint density at radius 3 is 2.47 bits per heavy atom. The van der Waals surface area contributed by atoms with Crippen LogP contribution in [0, 0.1) is 0 Å². The standard InChI is InChI=1S/C12H18N2O3S2/c1-13(2)12(15)11-10(6-9-18-11)19(16,17)14-7-4-3-5-8-14/h6,9H,3-5,7-8H2,1-2H3. The third-order valence-corrected chi connectivity index (χ3v) is 6.13. The molecule has 0 N–H and O–H groups in total. The molecule has 0 spiro atoms. The van der Waals surface area contributed by atoms with Gasteiger partial charge in [-0.15, -0.1) is 11.3 Å². The van der Waals surface area contributed by atoms with E-state index in [4.69, 9.17) is 0 Å². The summed E-state index contributed by atoms with van der Waals surface area (Å²) in [5.74, 6) is -0.259. The molecule has 2 heterocycles. The van der Waals surface area contributed by atoms with Gasteiger partial charge in [0.25, 0.3) is 5.91 Å². The van der Waals surface area contributed by atoms with Crippen LogP contribution in [0.15, 0.2) is 16.3 Å². The van der Waals surface area contributed by atoms with Gasteiger partial charge in [-0.25, -0.2) is 8.42 Å². The SMILES string of the molecule is CN(C)C(=O)c1sccc1S(=O)(=O)N1CCCCC1. The lowest BCUT2D eigenvalue weighted by Crippen LogP contribution is -2.36. The summed E-state index contributed by atoms with van der Waals surface area (Å²) in [6.45, 7) is 1.10. The van der Waals surface area contributed by atoms with Gasteiger partial charge in [0.1, 0.15) is 9.77 Å². The Morgan fingerprint density at radius 2 is 1.89 bits per heavy atom. The molecule has 5 nitrogen and oxygen atoms in total. The molecule has 0 radical (unpaired) electrons. The van der Waals surface area contributed by atoms with Gasteiger partial charge >= 0.3 is 0 Å². The number of thiophene rings is 1. The van der Waals surface area contributed by atoms with Crippen LogP contribution in [0.25, 0.3) is 0 Å². The highest BCUT2D eigenvalue weighted by Gasteiger charge is 2.31. The highest BCUT2D eigenvalue weighted by atomic mass is 32.2. The highest BCUT2D eigenvalue weighted by Crippen LogP contribution is 2.27. The second kappa shape index (κ2) is 5.60. The number of rotatable bonds is 3. The summed E-state index contributed by atoms with van der Waals surface area (Å²) in [7, 11) is -0.283. The Labute approximate surface area is 117 Å². The van der Waals surface area contributed by atoms with E-state index in [1.807, 2.05) is 0 Å². The Bertz CT molecular complexity index is 557. The first kappa shape index (κ1) is 14.5. The van der Waals surface area contributed by atoms with E-state index in [0.29, 0.717) is 18.0 Å². The van der Waals surface area contributed by atoms with Crippen molar-refractivity contribution in [1.29, 1.82) is 0 Å². The number of carbonyl (C=O) groups is 1. The van der Waals surface area contributed by atoms with Gasteiger partial charge in [-0.3, -0.25) is 4.79 Å². The number of amides is 1. The van der Waals surface area contributed by atoms with Crippen molar-refractivity contribution in [3.8, 4) is 0 Å². The van der Waals surface area contributed by atoms with E-state index in [1.165, 1.54) is 26.6 Å². The first-order valence-corrected chi connectivity index (χ1v) is 8.56. The minimum Gasteiger partial charge on any atom is -0.344 e. The topological polar surface area (TPSA) is 57.7 Å². The largest absolute Gasteiger partial charge is 0.344 e. The first-order chi connectivity index (χ1) is 8.94. The molecular weight excluding hydrogens is 284 g/mol. The number of hydrogen-bond donors (Lipinski definition) is 0. The lowest BCUT2D eigenvalue weighted by Gasteiger charge is -2.26. The maximum atomic E-state index is 12.6. The summed E-state index contributed by atoms with van der Waals surface area (Å²) >= 11 is 1.18. The number of hydrogen-bond acceptors (Lipinski definition) is 4. The van der Waals surface area contributed by atoms with Gasteiger partial charge in [-0.2, -0.15) is 4.31 Å². The van der Waals surface area contributed by atoms with E-state index >= 15 is 0 Å². The summed E-state index contributed by atoms with van der Waals surface area (Å²) in [6, 6.07) is 1.53. The minimum absolute atomic E-state index is 0.151. The van der Waals surface area contributed by atoms with Crippen molar-refractivity contribution >= 4 is 27.3 Å². The molecule has 106 valence electrons. The van der Waals surface area contributed by atoms with Gasteiger partial charge in [-0.05, 0) is 24.3 Å². The molecule has 19 heavy (non-hydrogen) atoms. The fourth-order valence-electron chi connectivity index (χ4n) is 2.10. The predicted molar refractivity (Wildman–Crippen MR) is 74.9 cm³/mol. The van der Waals surface area contributed by atoms with Crippen LogP contribution < -0.4 is 0 Å². The van der Waals surface area contributed by atoms with Crippen molar-refractivity contribution in [2.45, 2.75) is 24.2 Å². The van der Waals surface area contributed by atoms with Gasteiger partial charge < -0.3 is 4.90 Å². The van der Waals surface area contributed by atoms with Crippen molar-refractivity contribution < 1.29 is 13.2 Å². The van der Waals surface area contributed by atoms with E-state index in [1.54, 1.807) is 19.5 Å². The summed E-state index contributed by atoms with van der Waals surface area (Å²) < 4.78 is 26.6. The van der Waals surface area contributed by atoms with Crippen LogP contribution in [-0.2, 0) is 10.0 Å². The Kier molecular flexibility index (Phi) is 4.27. The van der Waals surface area contributed by atoms with Crippen molar-refractivity contribution in [3.05, 3.63) is 16.3 Å². The van der Waals surface area contributed by atoms with Crippen molar-refractivity contribution in [2.75, 3.05) is 27.2 Å². The average molecular weight is 302 g/mol. The van der Waals surface area contributed by atoms with E-state index in [-0.39, 0.29) is 10.8 Å². The Balaban J connectivity index is 2.36. The number of piperidine rings is 1. The van der Waals surface area contributed by atoms with Gasteiger partial charge in [0, 0.05) is 27.2 Å². The predicted octanol–water partition coefficient (Wildman–Crippen LogP) is 1.62. The van der Waals surface area contributed by atoms with Crippen molar-refractivity contribution in [3.63, 3.8) is 0 Å². The maximum absolute atomic E-state index is 12.6. The van der Waals surface area contributed by atoms with Crippen LogP contribution in [0.4, 0.5) is 0 Å². The van der Waals surface area contributed by atoms with Crippen LogP contribution in [0.5, 0.6) is 0 Å². The third kappa shape index (κ3) is 2.82. The number of carbonyl (C=O) groups excluding carboxylic acids is 1. The summed E-state index contributed by atoms with van der Waals surface area (Å²) in [5, 5.41) is 1.66. The number of sulfonamides is 1. The van der Waals surface area contributed by atoms with Gasteiger partial charge in [-0.1, -0.05) is 6.42 Å². The average Bonchev–Trinajstić information content (AvgIpc) is 2.88. The molecule has 0 unspecified atom stereocenters. The highest BCUT2D eigenvalue weighted by molar-refractivity contribution is 7.89. The van der Waals surface area contributed by atoms with E-state index in [9.17, 15) is 13.2 Å². The van der Waals surface area contributed by atoms with Crippen LogP contribution in [0.2, 0.25) is 0 Å². The molecule has 0 aromatic carbocycles. The van der Waals surface area contributed by atoms with E-state index < -0.39 is 10.0 Å². The molecular formula is C12H18N2O3S2. The zero-order valence-electron chi connectivity index (χ0n) is 11.1. The maximum Gasteiger partial charge on any atom is 0.264 e. The molecule has 1 aromatic rings. The molecule has 0 aliphatic carbocycles. The molecule has 1 aliphatic heterocycles. The normalized spacial score (nSPS) is 17.4. The van der Waals surface area contributed by atoms with Crippen LogP contribution in [-0.4, -0.2) is 50.7 Å². The fraction of sp³-hybridized carbons (Fsp3) is 0.583. The third-order valence-electron chi connectivity index (χ3n) is 3.16. The lowest BCUT2D eigenvalue weighted by molar-refractivity contribution is 0.0828. The molecule has 0 atom stereocenters. The lowest BCUT2D eigenvalue weighted by atomic mass is 10.2. The number of nitrogens with zero attached hydrogens (tertiary/aromatic N) is 2. The Hall–Kier alpha value is -0.920. The van der Waals surface area contributed by atoms with Gasteiger partial charge in [0.15, 0.2) is 0 Å². The molecule has 1 fully saturated rings. The van der Waals surface area contributed by atoms with Crippen LogP contribution in [0.3, 0.4) is 0 Å². The smallest absolute Gasteiger partial charge is 0.264 e. The monoisotopic (exact) mass is 302 g/mol. The van der Waals surface area contributed by atoms with Gasteiger partial charge in [0.2, 0.25) is 10.0 Å². The Morgan fingerprint density at radius 1 is 1.26 bits per heavy atom. The molecule has 2 rings (SSSR count). The van der Waals surface area contributed by atoms with Crippen molar-refractivity contribution in [1.82, 2.24) is 9.21 Å². The summed E-state index contributed by atoms with van der Waals surface area (Å²) in [6.07, 6.45) is 2.85. The molecule has 0 bridgehead atoms. The molecule has 7 heteroatoms. The molecule has 1 aliphatic rings. The molecule has 1 saturated heterocycles. The molecule has 1 amide bonds. The van der Waals surface area contributed by atoms with Crippen LogP contribution in [0.1, 0.15) is 28.9 Å². The second-order valence-corrected chi connectivity index (χ2v) is 7.60.